The fourth-order valence-electron chi connectivity index (χ4n) is 3.61. The molecule has 1 aromatic heterocycles. The summed E-state index contributed by atoms with van der Waals surface area (Å²) in [5.74, 6) is -1.04. The molecule has 0 bridgehead atoms. The van der Waals surface area contributed by atoms with E-state index in [1.54, 1.807) is 31.4 Å². The Morgan fingerprint density at radius 2 is 2.03 bits per heavy atom. The van der Waals surface area contributed by atoms with E-state index >= 15 is 0 Å². The normalized spacial score (nSPS) is 17.3. The lowest BCUT2D eigenvalue weighted by Gasteiger charge is -2.32. The van der Waals surface area contributed by atoms with Gasteiger partial charge in [0.15, 0.2) is 6.61 Å². The molecule has 1 aromatic carbocycles. The third kappa shape index (κ3) is 5.53. The molecule has 0 radical (unpaired) electrons. The number of hydrogen-bond donors (Lipinski definition) is 0. The summed E-state index contributed by atoms with van der Waals surface area (Å²) in [6, 6.07) is 6.32. The number of esters is 1. The average molecular weight is 465 g/mol. The summed E-state index contributed by atoms with van der Waals surface area (Å²) in [6.45, 7) is 4.11. The molecule has 1 amide bonds. The second kappa shape index (κ2) is 9.93. The van der Waals surface area contributed by atoms with Gasteiger partial charge in [-0.1, -0.05) is 12.5 Å². The predicted octanol–water partition coefficient (Wildman–Crippen LogP) is 3.44. The summed E-state index contributed by atoms with van der Waals surface area (Å²) in [5.41, 5.74) is 1.75. The minimum atomic E-state index is -3.71. The number of piperidine rings is 1. The largest absolute Gasteiger partial charge is 0.452 e. The number of sulfonamides is 1. The van der Waals surface area contributed by atoms with Crippen LogP contribution < -0.4 is 0 Å². The van der Waals surface area contributed by atoms with Gasteiger partial charge in [-0.3, -0.25) is 4.79 Å². The minimum Gasteiger partial charge on any atom is -0.452 e. The minimum absolute atomic E-state index is 0.0692. The Hall–Kier alpha value is -2.23. The van der Waals surface area contributed by atoms with Crippen molar-refractivity contribution in [3.05, 3.63) is 51.7 Å². The Balaban J connectivity index is 1.69. The first-order valence-corrected chi connectivity index (χ1v) is 12.6. The molecule has 1 atom stereocenters. The van der Waals surface area contributed by atoms with Gasteiger partial charge < -0.3 is 9.64 Å². The Kier molecular flexibility index (Phi) is 7.51. The second-order valence-corrected chi connectivity index (χ2v) is 10.6. The van der Waals surface area contributed by atoms with Gasteiger partial charge in [-0.05, 0) is 66.8 Å². The average Bonchev–Trinajstić information content (AvgIpc) is 3.25. The van der Waals surface area contributed by atoms with Crippen molar-refractivity contribution in [2.45, 2.75) is 50.6 Å². The lowest BCUT2D eigenvalue weighted by Crippen LogP contribution is -2.42. The van der Waals surface area contributed by atoms with Crippen LogP contribution in [0.5, 0.6) is 0 Å². The highest BCUT2D eigenvalue weighted by Crippen LogP contribution is 2.26. The van der Waals surface area contributed by atoms with Crippen molar-refractivity contribution in [3.8, 4) is 0 Å². The Morgan fingerprint density at radius 1 is 1.26 bits per heavy atom. The number of carbonyl (C=O) groups excluding carboxylic acids is 2. The maximum atomic E-state index is 13.1. The second-order valence-electron chi connectivity index (χ2n) is 7.89. The summed E-state index contributed by atoms with van der Waals surface area (Å²) < 4.78 is 32.9. The molecular weight excluding hydrogens is 436 g/mol. The molecule has 7 nitrogen and oxygen atoms in total. The van der Waals surface area contributed by atoms with Crippen LogP contribution >= 0.6 is 11.3 Å². The number of amides is 1. The van der Waals surface area contributed by atoms with E-state index in [-0.39, 0.29) is 22.4 Å². The molecule has 1 fully saturated rings. The fraction of sp³-hybridized carbons (Fsp3) is 0.455. The number of ether oxygens (including phenoxy) is 1. The molecule has 0 spiro atoms. The van der Waals surface area contributed by atoms with Crippen LogP contribution in [0.4, 0.5) is 0 Å². The number of rotatable bonds is 7. The van der Waals surface area contributed by atoms with Gasteiger partial charge in [-0.15, -0.1) is 0 Å². The highest BCUT2D eigenvalue weighted by molar-refractivity contribution is 7.89. The van der Waals surface area contributed by atoms with Gasteiger partial charge in [0, 0.05) is 26.2 Å². The highest BCUT2D eigenvalue weighted by atomic mass is 32.2. The Bertz CT molecular complexity index is 1030. The number of hydrogen-bond acceptors (Lipinski definition) is 6. The molecule has 2 heterocycles. The number of aryl methyl sites for hydroxylation is 1. The lowest BCUT2D eigenvalue weighted by molar-refractivity contribution is -0.133. The van der Waals surface area contributed by atoms with Crippen molar-refractivity contribution >= 4 is 33.2 Å². The predicted molar refractivity (Wildman–Crippen MR) is 119 cm³/mol. The van der Waals surface area contributed by atoms with E-state index in [0.717, 1.165) is 24.8 Å². The molecule has 3 rings (SSSR count). The Morgan fingerprint density at radius 3 is 2.71 bits per heavy atom. The van der Waals surface area contributed by atoms with Crippen molar-refractivity contribution in [2.75, 3.05) is 20.2 Å². The highest BCUT2D eigenvalue weighted by Gasteiger charge is 2.31. The molecule has 0 saturated carbocycles. The maximum Gasteiger partial charge on any atom is 0.338 e. The van der Waals surface area contributed by atoms with Crippen LogP contribution in [-0.4, -0.2) is 55.7 Å². The van der Waals surface area contributed by atoms with Crippen LogP contribution in [0.3, 0.4) is 0 Å². The molecule has 31 heavy (non-hydrogen) atoms. The summed E-state index contributed by atoms with van der Waals surface area (Å²) in [4.78, 5) is 26.5. The third-order valence-corrected chi connectivity index (χ3v) is 8.27. The molecule has 1 saturated heterocycles. The SMILES string of the molecule is Cc1ccc(S(=O)(=O)N2CCCCC2C)cc1C(=O)OCC(=O)N(C)Cc1ccsc1. The van der Waals surface area contributed by atoms with Gasteiger partial charge in [0.05, 0.1) is 10.5 Å². The third-order valence-electron chi connectivity index (χ3n) is 5.53. The first-order valence-electron chi connectivity index (χ1n) is 10.2. The monoisotopic (exact) mass is 464 g/mol. The van der Waals surface area contributed by atoms with E-state index in [0.29, 0.717) is 18.7 Å². The van der Waals surface area contributed by atoms with Crippen LogP contribution in [0.15, 0.2) is 39.9 Å². The van der Waals surface area contributed by atoms with Crippen molar-refractivity contribution in [2.24, 2.45) is 0 Å². The van der Waals surface area contributed by atoms with Crippen LogP contribution in [0, 0.1) is 6.92 Å². The quantitative estimate of drug-likeness (QED) is 0.586. The Labute approximate surface area is 187 Å². The molecule has 168 valence electrons. The van der Waals surface area contributed by atoms with Crippen LogP contribution in [0.1, 0.15) is 47.7 Å². The van der Waals surface area contributed by atoms with Gasteiger partial charge in [0.2, 0.25) is 10.0 Å². The van der Waals surface area contributed by atoms with Crippen LogP contribution in [0.25, 0.3) is 0 Å². The summed E-state index contributed by atoms with van der Waals surface area (Å²) >= 11 is 1.55. The smallest absolute Gasteiger partial charge is 0.338 e. The summed E-state index contributed by atoms with van der Waals surface area (Å²) in [5, 5.41) is 3.89. The lowest BCUT2D eigenvalue weighted by atomic mass is 10.1. The van der Waals surface area contributed by atoms with Gasteiger partial charge in [0.25, 0.3) is 5.91 Å². The van der Waals surface area contributed by atoms with Crippen LogP contribution in [-0.2, 0) is 26.1 Å². The van der Waals surface area contributed by atoms with Gasteiger partial charge in [0.1, 0.15) is 0 Å². The molecular formula is C22H28N2O5S2. The molecule has 0 N–H and O–H groups in total. The zero-order valence-electron chi connectivity index (χ0n) is 18.0. The van der Waals surface area contributed by atoms with E-state index in [1.807, 2.05) is 23.8 Å². The van der Waals surface area contributed by atoms with E-state index in [1.165, 1.54) is 21.3 Å². The van der Waals surface area contributed by atoms with E-state index in [9.17, 15) is 18.0 Å². The molecule has 1 aliphatic rings. The van der Waals surface area contributed by atoms with Crippen molar-refractivity contribution in [1.29, 1.82) is 0 Å². The number of nitrogens with zero attached hydrogens (tertiary/aromatic N) is 2. The number of thiophene rings is 1. The van der Waals surface area contributed by atoms with Crippen LogP contribution in [0.2, 0.25) is 0 Å². The number of carbonyl (C=O) groups is 2. The topological polar surface area (TPSA) is 84.0 Å². The molecule has 1 unspecified atom stereocenters. The summed E-state index contributed by atoms with van der Waals surface area (Å²) in [7, 11) is -2.06. The van der Waals surface area contributed by atoms with Gasteiger partial charge >= 0.3 is 5.97 Å². The van der Waals surface area contributed by atoms with Gasteiger partial charge in [-0.2, -0.15) is 15.6 Å². The van der Waals surface area contributed by atoms with E-state index < -0.39 is 22.6 Å². The number of likely N-dealkylation sites (N-methyl/N-ethyl adjacent to an activating group) is 1. The zero-order chi connectivity index (χ0) is 22.6. The standard InChI is InChI=1S/C22H28N2O5S2/c1-16-7-8-19(31(27,28)24-10-5-4-6-17(24)2)12-20(16)22(26)29-14-21(25)23(3)13-18-9-11-30-15-18/h7-9,11-12,15,17H,4-6,10,13-14H2,1-3H3. The zero-order valence-corrected chi connectivity index (χ0v) is 19.7. The molecule has 9 heteroatoms. The van der Waals surface area contributed by atoms with E-state index in [2.05, 4.69) is 0 Å². The van der Waals surface area contributed by atoms with Gasteiger partial charge in [-0.25, -0.2) is 13.2 Å². The summed E-state index contributed by atoms with van der Waals surface area (Å²) in [6.07, 6.45) is 2.65. The first kappa shape index (κ1) is 23.4. The molecule has 0 aliphatic carbocycles. The molecule has 2 aromatic rings. The maximum absolute atomic E-state index is 13.1. The fourth-order valence-corrected chi connectivity index (χ4v) is 5.99. The van der Waals surface area contributed by atoms with Crippen molar-refractivity contribution < 1.29 is 22.7 Å². The first-order chi connectivity index (χ1) is 14.7. The van der Waals surface area contributed by atoms with E-state index in [4.69, 9.17) is 4.74 Å². The van der Waals surface area contributed by atoms with Crippen molar-refractivity contribution in [3.63, 3.8) is 0 Å². The molecule has 1 aliphatic heterocycles. The van der Waals surface area contributed by atoms with Crippen molar-refractivity contribution in [1.82, 2.24) is 9.21 Å². The number of benzene rings is 1.